The van der Waals surface area contributed by atoms with Gasteiger partial charge in [-0.05, 0) is 12.1 Å². The topological polar surface area (TPSA) is 90.6 Å². The molecule has 0 radical (unpaired) electrons. The van der Waals surface area contributed by atoms with Gasteiger partial charge in [0.25, 0.3) is 5.56 Å². The van der Waals surface area contributed by atoms with Crippen LogP contribution in [-0.4, -0.2) is 36.6 Å². The monoisotopic (exact) mass is 308 g/mol. The molecule has 1 aliphatic heterocycles. The van der Waals surface area contributed by atoms with Gasteiger partial charge in [0.1, 0.15) is 5.82 Å². The van der Waals surface area contributed by atoms with E-state index in [1.165, 1.54) is 0 Å². The van der Waals surface area contributed by atoms with Crippen molar-refractivity contribution in [3.8, 4) is 11.4 Å². The van der Waals surface area contributed by atoms with Crippen molar-refractivity contribution < 1.29 is 0 Å². The van der Waals surface area contributed by atoms with E-state index in [2.05, 4.69) is 30.0 Å². The van der Waals surface area contributed by atoms with Crippen LogP contribution in [0, 0.1) is 0 Å². The number of rotatable bonds is 3. The molecular formula is C16H16N6O. The molecule has 0 fully saturated rings. The maximum Gasteiger partial charge on any atom is 0.255 e. The number of fused-ring (bicyclic) bond motifs is 1. The summed E-state index contributed by atoms with van der Waals surface area (Å²) in [5.74, 6) is 0.588. The Hall–Kier alpha value is -2.80. The fourth-order valence-electron chi connectivity index (χ4n) is 2.88. The first kappa shape index (κ1) is 13.8. The molecule has 0 saturated carbocycles. The van der Waals surface area contributed by atoms with E-state index in [4.69, 9.17) is 0 Å². The molecule has 7 nitrogen and oxygen atoms in total. The third kappa shape index (κ3) is 2.78. The van der Waals surface area contributed by atoms with Crippen LogP contribution in [-0.2, 0) is 19.5 Å². The average molecular weight is 308 g/mol. The van der Waals surface area contributed by atoms with Crippen molar-refractivity contribution in [1.82, 2.24) is 30.0 Å². The third-order valence-corrected chi connectivity index (χ3v) is 4.04. The molecule has 23 heavy (non-hydrogen) atoms. The molecule has 0 aromatic carbocycles. The molecule has 1 aliphatic rings. The van der Waals surface area contributed by atoms with Gasteiger partial charge in [0.15, 0.2) is 0 Å². The SMILES string of the molecule is O=c1[nH]c(-c2cccnc2)nc2c1CN(Cc1cn[nH]c1)CC2. The highest BCUT2D eigenvalue weighted by Crippen LogP contribution is 2.19. The highest BCUT2D eigenvalue weighted by Gasteiger charge is 2.21. The molecular weight excluding hydrogens is 292 g/mol. The summed E-state index contributed by atoms with van der Waals surface area (Å²) in [4.78, 5) is 26.3. The van der Waals surface area contributed by atoms with Crippen molar-refractivity contribution in [2.75, 3.05) is 6.54 Å². The highest BCUT2D eigenvalue weighted by atomic mass is 16.1. The first-order valence-corrected chi connectivity index (χ1v) is 7.52. The standard InChI is InChI=1S/C16H16N6O/c23-16-13-10-22(9-11-6-18-19-7-11)5-3-14(13)20-15(21-16)12-2-1-4-17-8-12/h1-2,4,6-8H,3,5,9-10H2,(H,18,19)(H,20,21,23). The maximum atomic E-state index is 12.4. The second-order valence-corrected chi connectivity index (χ2v) is 5.65. The minimum absolute atomic E-state index is 0.0641. The van der Waals surface area contributed by atoms with Gasteiger partial charge in [-0.1, -0.05) is 0 Å². The second kappa shape index (κ2) is 5.77. The van der Waals surface area contributed by atoms with Crippen LogP contribution in [0.2, 0.25) is 0 Å². The summed E-state index contributed by atoms with van der Waals surface area (Å²) in [6.07, 6.45) is 7.86. The smallest absolute Gasteiger partial charge is 0.255 e. The molecule has 0 unspecified atom stereocenters. The Morgan fingerprint density at radius 3 is 3.04 bits per heavy atom. The van der Waals surface area contributed by atoms with Crippen molar-refractivity contribution in [2.24, 2.45) is 0 Å². The minimum Gasteiger partial charge on any atom is -0.306 e. The van der Waals surface area contributed by atoms with E-state index in [1.54, 1.807) is 12.4 Å². The molecule has 0 aliphatic carbocycles. The van der Waals surface area contributed by atoms with E-state index in [-0.39, 0.29) is 5.56 Å². The second-order valence-electron chi connectivity index (χ2n) is 5.65. The van der Waals surface area contributed by atoms with E-state index >= 15 is 0 Å². The molecule has 3 aromatic rings. The van der Waals surface area contributed by atoms with Crippen molar-refractivity contribution in [3.63, 3.8) is 0 Å². The Morgan fingerprint density at radius 1 is 1.30 bits per heavy atom. The van der Waals surface area contributed by atoms with Crippen LogP contribution in [0.15, 0.2) is 41.7 Å². The molecule has 0 atom stereocenters. The lowest BCUT2D eigenvalue weighted by Gasteiger charge is -2.27. The summed E-state index contributed by atoms with van der Waals surface area (Å²) in [7, 11) is 0. The van der Waals surface area contributed by atoms with Gasteiger partial charge in [-0.25, -0.2) is 4.98 Å². The van der Waals surface area contributed by atoms with Crippen molar-refractivity contribution in [2.45, 2.75) is 19.5 Å². The van der Waals surface area contributed by atoms with E-state index in [9.17, 15) is 4.79 Å². The van der Waals surface area contributed by atoms with Crippen LogP contribution in [0.4, 0.5) is 0 Å². The summed E-state index contributed by atoms with van der Waals surface area (Å²) in [5, 5.41) is 6.77. The van der Waals surface area contributed by atoms with Crippen LogP contribution in [0.3, 0.4) is 0 Å². The van der Waals surface area contributed by atoms with Crippen LogP contribution in [0.1, 0.15) is 16.8 Å². The number of aromatic amines is 2. The van der Waals surface area contributed by atoms with E-state index in [0.717, 1.165) is 41.9 Å². The molecule has 7 heteroatoms. The van der Waals surface area contributed by atoms with Gasteiger partial charge in [-0.2, -0.15) is 5.10 Å². The molecule has 3 aromatic heterocycles. The van der Waals surface area contributed by atoms with Gasteiger partial charge in [0.05, 0.1) is 17.5 Å². The number of nitrogens with one attached hydrogen (secondary N) is 2. The van der Waals surface area contributed by atoms with Crippen molar-refractivity contribution >= 4 is 0 Å². The van der Waals surface area contributed by atoms with Gasteiger partial charge in [-0.3, -0.25) is 19.8 Å². The van der Waals surface area contributed by atoms with Crippen LogP contribution < -0.4 is 5.56 Å². The molecule has 0 bridgehead atoms. The van der Waals surface area contributed by atoms with Crippen molar-refractivity contribution in [3.05, 3.63) is 64.1 Å². The predicted octanol–water partition coefficient (Wildman–Crippen LogP) is 1.11. The molecule has 0 spiro atoms. The Bertz CT molecular complexity index is 856. The number of aromatic nitrogens is 5. The van der Waals surface area contributed by atoms with E-state index in [0.29, 0.717) is 12.4 Å². The summed E-state index contributed by atoms with van der Waals surface area (Å²) in [5.41, 5.74) is 3.52. The Morgan fingerprint density at radius 2 is 2.26 bits per heavy atom. The quantitative estimate of drug-likeness (QED) is 0.756. The minimum atomic E-state index is -0.0641. The van der Waals surface area contributed by atoms with Gasteiger partial charge < -0.3 is 4.98 Å². The molecule has 116 valence electrons. The fourth-order valence-corrected chi connectivity index (χ4v) is 2.88. The zero-order valence-corrected chi connectivity index (χ0v) is 12.5. The summed E-state index contributed by atoms with van der Waals surface area (Å²) in [6.45, 7) is 2.26. The average Bonchev–Trinajstić information content (AvgIpc) is 3.09. The Labute approximate surface area is 132 Å². The maximum absolute atomic E-state index is 12.4. The number of nitrogens with zero attached hydrogens (tertiary/aromatic N) is 4. The first-order chi connectivity index (χ1) is 11.3. The van der Waals surface area contributed by atoms with Gasteiger partial charge >= 0.3 is 0 Å². The van der Waals surface area contributed by atoms with E-state index < -0.39 is 0 Å². The number of hydrogen-bond acceptors (Lipinski definition) is 5. The number of hydrogen-bond donors (Lipinski definition) is 2. The zero-order chi connectivity index (χ0) is 15.6. The number of pyridine rings is 1. The first-order valence-electron chi connectivity index (χ1n) is 7.52. The Kier molecular flexibility index (Phi) is 3.47. The predicted molar refractivity (Wildman–Crippen MR) is 84.5 cm³/mol. The molecule has 4 heterocycles. The number of H-pyrrole nitrogens is 2. The summed E-state index contributed by atoms with van der Waals surface area (Å²) < 4.78 is 0. The lowest BCUT2D eigenvalue weighted by Crippen LogP contribution is -2.35. The summed E-state index contributed by atoms with van der Waals surface area (Å²) in [6, 6.07) is 3.73. The van der Waals surface area contributed by atoms with Crippen LogP contribution in [0.25, 0.3) is 11.4 Å². The van der Waals surface area contributed by atoms with Gasteiger partial charge in [0.2, 0.25) is 0 Å². The van der Waals surface area contributed by atoms with Gasteiger partial charge in [0, 0.05) is 55.8 Å². The largest absolute Gasteiger partial charge is 0.306 e. The Balaban J connectivity index is 1.62. The fraction of sp³-hybridized carbons (Fsp3) is 0.250. The molecule has 4 rings (SSSR count). The molecule has 2 N–H and O–H groups in total. The van der Waals surface area contributed by atoms with Crippen LogP contribution >= 0.6 is 0 Å². The normalized spacial score (nSPS) is 14.6. The van der Waals surface area contributed by atoms with Crippen LogP contribution in [0.5, 0.6) is 0 Å². The lowest BCUT2D eigenvalue weighted by molar-refractivity contribution is 0.242. The molecule has 0 amide bonds. The highest BCUT2D eigenvalue weighted by molar-refractivity contribution is 5.53. The molecule has 0 saturated heterocycles. The van der Waals surface area contributed by atoms with E-state index in [1.807, 2.05) is 24.5 Å². The van der Waals surface area contributed by atoms with Gasteiger partial charge in [-0.15, -0.1) is 0 Å². The zero-order valence-electron chi connectivity index (χ0n) is 12.5. The lowest BCUT2D eigenvalue weighted by atomic mass is 10.1. The summed E-state index contributed by atoms with van der Waals surface area (Å²) >= 11 is 0. The third-order valence-electron chi connectivity index (χ3n) is 4.04. The van der Waals surface area contributed by atoms with Crippen molar-refractivity contribution in [1.29, 1.82) is 0 Å².